The number of rotatable bonds is 5. The summed E-state index contributed by atoms with van der Waals surface area (Å²) in [5.74, 6) is -0.0446. The Labute approximate surface area is 95.2 Å². The molecule has 0 bridgehead atoms. The molecule has 0 aliphatic rings. The third-order valence-corrected chi connectivity index (χ3v) is 2.23. The van der Waals surface area contributed by atoms with Crippen molar-refractivity contribution in [3.05, 3.63) is 29.8 Å². The van der Waals surface area contributed by atoms with Crippen LogP contribution in [0.5, 0.6) is 5.75 Å². The fourth-order valence-corrected chi connectivity index (χ4v) is 1.36. The van der Waals surface area contributed by atoms with E-state index in [1.165, 1.54) is 0 Å². The van der Waals surface area contributed by atoms with E-state index in [1.54, 1.807) is 25.1 Å². The number of phenols is 1. The summed E-state index contributed by atoms with van der Waals surface area (Å²) >= 11 is 0. The van der Waals surface area contributed by atoms with Gasteiger partial charge in [0.15, 0.2) is 0 Å². The molecule has 4 nitrogen and oxygen atoms in total. The van der Waals surface area contributed by atoms with Gasteiger partial charge in [0.2, 0.25) is 0 Å². The quantitative estimate of drug-likeness (QED) is 0.744. The zero-order chi connectivity index (χ0) is 12.0. The number of phenolic OH excluding ortho intramolecular Hbond substituents is 1. The number of ether oxygens (including phenoxy) is 1. The fraction of sp³-hybridized carbons (Fsp3) is 0.417. The van der Waals surface area contributed by atoms with Gasteiger partial charge in [0.1, 0.15) is 5.75 Å². The molecular weight excluding hydrogens is 206 g/mol. The highest BCUT2D eigenvalue weighted by molar-refractivity contribution is 5.71. The lowest BCUT2D eigenvalue weighted by molar-refractivity contribution is -0.142. The number of aromatic hydroxyl groups is 1. The second-order valence-corrected chi connectivity index (χ2v) is 3.50. The molecule has 88 valence electrons. The molecule has 1 rings (SSSR count). The summed E-state index contributed by atoms with van der Waals surface area (Å²) in [6, 6.07) is 6.94. The Morgan fingerprint density at radius 2 is 2.31 bits per heavy atom. The molecule has 0 saturated heterocycles. The Balaban J connectivity index is 2.46. The van der Waals surface area contributed by atoms with E-state index < -0.39 is 0 Å². The van der Waals surface area contributed by atoms with Crippen LogP contribution in [0.15, 0.2) is 24.3 Å². The first kappa shape index (κ1) is 12.5. The van der Waals surface area contributed by atoms with Crippen LogP contribution in [0.25, 0.3) is 0 Å². The topological polar surface area (TPSA) is 58.6 Å². The molecule has 16 heavy (non-hydrogen) atoms. The predicted molar refractivity (Wildman–Crippen MR) is 61.2 cm³/mol. The van der Waals surface area contributed by atoms with Crippen molar-refractivity contribution in [2.24, 2.45) is 0 Å². The standard InChI is InChI=1S/C12H17NO3/c1-3-16-12(15)8-13-9(2)10-5-4-6-11(14)7-10/h4-7,9,13-14H,3,8H2,1-2H3. The highest BCUT2D eigenvalue weighted by Crippen LogP contribution is 2.17. The van der Waals surface area contributed by atoms with Crippen LogP contribution in [0.3, 0.4) is 0 Å². The summed E-state index contributed by atoms with van der Waals surface area (Å²) in [5, 5.41) is 12.3. The molecular formula is C12H17NO3. The Hall–Kier alpha value is -1.55. The summed E-state index contributed by atoms with van der Waals surface area (Å²) < 4.78 is 4.80. The van der Waals surface area contributed by atoms with Gasteiger partial charge in [-0.3, -0.25) is 4.79 Å². The molecule has 0 heterocycles. The highest BCUT2D eigenvalue weighted by atomic mass is 16.5. The van der Waals surface area contributed by atoms with E-state index in [-0.39, 0.29) is 24.3 Å². The monoisotopic (exact) mass is 223 g/mol. The van der Waals surface area contributed by atoms with Gasteiger partial charge in [0.25, 0.3) is 0 Å². The summed E-state index contributed by atoms with van der Waals surface area (Å²) in [7, 11) is 0. The molecule has 0 aromatic heterocycles. The summed E-state index contributed by atoms with van der Waals surface area (Å²) in [4.78, 5) is 11.1. The molecule has 1 unspecified atom stereocenters. The second-order valence-electron chi connectivity index (χ2n) is 3.50. The van der Waals surface area contributed by atoms with Gasteiger partial charge < -0.3 is 15.2 Å². The van der Waals surface area contributed by atoms with Crippen molar-refractivity contribution >= 4 is 5.97 Å². The first-order valence-corrected chi connectivity index (χ1v) is 5.31. The van der Waals surface area contributed by atoms with Gasteiger partial charge in [-0.05, 0) is 31.5 Å². The van der Waals surface area contributed by atoms with Crippen molar-refractivity contribution in [3.63, 3.8) is 0 Å². The smallest absolute Gasteiger partial charge is 0.319 e. The third-order valence-electron chi connectivity index (χ3n) is 2.23. The molecule has 4 heteroatoms. The number of benzene rings is 1. The Kier molecular flexibility index (Phi) is 4.79. The van der Waals surface area contributed by atoms with E-state index >= 15 is 0 Å². The molecule has 1 atom stereocenters. The van der Waals surface area contributed by atoms with Crippen molar-refractivity contribution in [1.82, 2.24) is 5.32 Å². The second kappa shape index (κ2) is 6.12. The third kappa shape index (κ3) is 3.90. The van der Waals surface area contributed by atoms with Gasteiger partial charge in [0, 0.05) is 6.04 Å². The molecule has 1 aromatic carbocycles. The molecule has 2 N–H and O–H groups in total. The van der Waals surface area contributed by atoms with E-state index in [0.717, 1.165) is 5.56 Å². The van der Waals surface area contributed by atoms with Crippen LogP contribution in [-0.2, 0) is 9.53 Å². The van der Waals surface area contributed by atoms with Crippen LogP contribution in [0.2, 0.25) is 0 Å². The SMILES string of the molecule is CCOC(=O)CNC(C)c1cccc(O)c1. The average Bonchev–Trinajstić information content (AvgIpc) is 2.26. The lowest BCUT2D eigenvalue weighted by Gasteiger charge is -2.13. The van der Waals surface area contributed by atoms with Crippen LogP contribution in [0, 0.1) is 0 Å². The van der Waals surface area contributed by atoms with Crippen LogP contribution in [-0.4, -0.2) is 24.2 Å². The van der Waals surface area contributed by atoms with Gasteiger partial charge >= 0.3 is 5.97 Å². The van der Waals surface area contributed by atoms with Gasteiger partial charge in [-0.2, -0.15) is 0 Å². The summed E-state index contributed by atoms with van der Waals surface area (Å²) in [6.45, 7) is 4.26. The maximum atomic E-state index is 11.1. The largest absolute Gasteiger partial charge is 0.508 e. The molecule has 0 aliphatic carbocycles. The van der Waals surface area contributed by atoms with Crippen molar-refractivity contribution in [2.75, 3.05) is 13.2 Å². The van der Waals surface area contributed by atoms with Crippen LogP contribution < -0.4 is 5.32 Å². The normalized spacial score (nSPS) is 12.1. The van der Waals surface area contributed by atoms with E-state index in [0.29, 0.717) is 6.61 Å². The van der Waals surface area contributed by atoms with E-state index in [2.05, 4.69) is 5.32 Å². The zero-order valence-electron chi connectivity index (χ0n) is 9.56. The minimum atomic E-state index is -0.269. The molecule has 0 aliphatic heterocycles. The molecule has 0 radical (unpaired) electrons. The van der Waals surface area contributed by atoms with Crippen molar-refractivity contribution in [3.8, 4) is 5.75 Å². The van der Waals surface area contributed by atoms with Crippen molar-refractivity contribution < 1.29 is 14.6 Å². The van der Waals surface area contributed by atoms with E-state index in [4.69, 9.17) is 4.74 Å². The number of carbonyl (C=O) groups is 1. The van der Waals surface area contributed by atoms with Gasteiger partial charge in [-0.1, -0.05) is 12.1 Å². The number of hydrogen-bond donors (Lipinski definition) is 2. The van der Waals surface area contributed by atoms with Gasteiger partial charge in [-0.15, -0.1) is 0 Å². The average molecular weight is 223 g/mol. The van der Waals surface area contributed by atoms with Crippen molar-refractivity contribution in [2.45, 2.75) is 19.9 Å². The number of hydrogen-bond acceptors (Lipinski definition) is 4. The van der Waals surface area contributed by atoms with Crippen LogP contribution in [0.4, 0.5) is 0 Å². The number of carbonyl (C=O) groups excluding carboxylic acids is 1. The molecule has 0 saturated carbocycles. The molecule has 0 fully saturated rings. The summed E-state index contributed by atoms with van der Waals surface area (Å²) in [6.07, 6.45) is 0. The molecule has 1 aromatic rings. The minimum absolute atomic E-state index is 0.00324. The lowest BCUT2D eigenvalue weighted by atomic mass is 10.1. The van der Waals surface area contributed by atoms with Gasteiger partial charge in [0.05, 0.1) is 13.2 Å². The fourth-order valence-electron chi connectivity index (χ4n) is 1.36. The molecule has 0 amide bonds. The maximum absolute atomic E-state index is 11.1. The maximum Gasteiger partial charge on any atom is 0.319 e. The number of esters is 1. The molecule has 0 spiro atoms. The Morgan fingerprint density at radius 1 is 1.56 bits per heavy atom. The van der Waals surface area contributed by atoms with E-state index in [1.807, 2.05) is 13.0 Å². The minimum Gasteiger partial charge on any atom is -0.508 e. The first-order chi connectivity index (χ1) is 7.63. The Morgan fingerprint density at radius 3 is 2.94 bits per heavy atom. The summed E-state index contributed by atoms with van der Waals surface area (Å²) in [5.41, 5.74) is 0.935. The lowest BCUT2D eigenvalue weighted by Crippen LogP contribution is -2.27. The van der Waals surface area contributed by atoms with Gasteiger partial charge in [-0.25, -0.2) is 0 Å². The van der Waals surface area contributed by atoms with E-state index in [9.17, 15) is 9.90 Å². The first-order valence-electron chi connectivity index (χ1n) is 5.31. The Bertz CT molecular complexity index is 352. The predicted octanol–water partition coefficient (Wildman–Crippen LogP) is 1.61. The van der Waals surface area contributed by atoms with Crippen LogP contribution >= 0.6 is 0 Å². The zero-order valence-corrected chi connectivity index (χ0v) is 9.56. The number of nitrogens with one attached hydrogen (secondary N) is 1. The van der Waals surface area contributed by atoms with Crippen LogP contribution in [0.1, 0.15) is 25.5 Å². The highest BCUT2D eigenvalue weighted by Gasteiger charge is 2.08. The van der Waals surface area contributed by atoms with Crippen molar-refractivity contribution in [1.29, 1.82) is 0 Å².